The van der Waals surface area contributed by atoms with Crippen LogP contribution in [-0.4, -0.2) is 17.9 Å². The first-order chi connectivity index (χ1) is 8.90. The molecule has 0 amide bonds. The first kappa shape index (κ1) is 14.1. The van der Waals surface area contributed by atoms with Crippen molar-refractivity contribution in [1.82, 2.24) is 0 Å². The molecular weight excluding hydrogens is 234 g/mol. The summed E-state index contributed by atoms with van der Waals surface area (Å²) < 4.78 is 0. The van der Waals surface area contributed by atoms with Crippen molar-refractivity contribution in [2.24, 2.45) is 0 Å². The van der Waals surface area contributed by atoms with Gasteiger partial charge in [-0.3, -0.25) is 4.79 Å². The summed E-state index contributed by atoms with van der Waals surface area (Å²) >= 11 is 0. The average Bonchev–Trinajstić information content (AvgIpc) is 2.37. The highest BCUT2D eigenvalue weighted by Crippen LogP contribution is 2.44. The van der Waals surface area contributed by atoms with E-state index in [1.54, 1.807) is 0 Å². The van der Waals surface area contributed by atoms with Crippen molar-refractivity contribution in [3.63, 3.8) is 0 Å². The van der Waals surface area contributed by atoms with Gasteiger partial charge in [0.1, 0.15) is 6.29 Å². The minimum absolute atomic E-state index is 0.171. The van der Waals surface area contributed by atoms with E-state index in [2.05, 4.69) is 51.7 Å². The molecule has 1 aromatic rings. The number of carbonyl (C=O) groups excluding carboxylic acids is 1. The standard InChI is InChI=1S/C17H25NO/c1-6-13(3)18-16-8-7-14(11-19)9-15(16)12(2)10-17(18,4)5/h7-9,11-13H,6,10H2,1-5H3/t12-,13+/m1/s1. The SMILES string of the molecule is CC[C@H](C)N1c2ccc(C=O)cc2[C@H](C)CC1(C)C. The van der Waals surface area contributed by atoms with Gasteiger partial charge in [0.25, 0.3) is 0 Å². The molecule has 104 valence electrons. The Morgan fingerprint density at radius 1 is 1.47 bits per heavy atom. The van der Waals surface area contributed by atoms with Crippen LogP contribution in [-0.2, 0) is 0 Å². The van der Waals surface area contributed by atoms with Gasteiger partial charge in [-0.25, -0.2) is 0 Å². The van der Waals surface area contributed by atoms with Gasteiger partial charge >= 0.3 is 0 Å². The molecular formula is C17H25NO. The van der Waals surface area contributed by atoms with Crippen molar-refractivity contribution in [2.75, 3.05) is 4.90 Å². The Balaban J connectivity index is 2.56. The first-order valence-electron chi connectivity index (χ1n) is 7.29. The number of anilines is 1. The number of aldehydes is 1. The molecule has 0 radical (unpaired) electrons. The van der Waals surface area contributed by atoms with Crippen LogP contribution in [0.4, 0.5) is 5.69 Å². The Morgan fingerprint density at radius 3 is 2.74 bits per heavy atom. The molecule has 2 heteroatoms. The second-order valence-corrected chi connectivity index (χ2v) is 6.48. The summed E-state index contributed by atoms with van der Waals surface area (Å²) in [6.07, 6.45) is 3.21. The molecule has 0 aliphatic carbocycles. The Labute approximate surface area is 116 Å². The van der Waals surface area contributed by atoms with E-state index in [0.717, 1.165) is 24.7 Å². The van der Waals surface area contributed by atoms with Gasteiger partial charge in [0.2, 0.25) is 0 Å². The van der Waals surface area contributed by atoms with Crippen molar-refractivity contribution in [1.29, 1.82) is 0 Å². The fourth-order valence-corrected chi connectivity index (χ4v) is 3.56. The molecule has 0 aromatic heterocycles. The highest BCUT2D eigenvalue weighted by Gasteiger charge is 2.38. The molecule has 0 unspecified atom stereocenters. The van der Waals surface area contributed by atoms with Crippen LogP contribution in [0.1, 0.15) is 69.3 Å². The maximum absolute atomic E-state index is 11.0. The Morgan fingerprint density at radius 2 is 2.16 bits per heavy atom. The van der Waals surface area contributed by atoms with Gasteiger partial charge < -0.3 is 4.90 Å². The molecule has 1 aliphatic rings. The molecule has 19 heavy (non-hydrogen) atoms. The van der Waals surface area contributed by atoms with Crippen molar-refractivity contribution in [3.05, 3.63) is 29.3 Å². The van der Waals surface area contributed by atoms with Crippen molar-refractivity contribution < 1.29 is 4.79 Å². The van der Waals surface area contributed by atoms with Crippen LogP contribution in [0.3, 0.4) is 0 Å². The number of carbonyl (C=O) groups is 1. The maximum Gasteiger partial charge on any atom is 0.150 e. The summed E-state index contributed by atoms with van der Waals surface area (Å²) in [6.45, 7) is 11.4. The molecule has 0 saturated carbocycles. The summed E-state index contributed by atoms with van der Waals surface area (Å²) in [7, 11) is 0. The second kappa shape index (κ2) is 4.99. The summed E-state index contributed by atoms with van der Waals surface area (Å²) in [5, 5.41) is 0. The largest absolute Gasteiger partial charge is 0.363 e. The molecule has 1 aliphatic heterocycles. The highest BCUT2D eigenvalue weighted by molar-refractivity contribution is 5.78. The van der Waals surface area contributed by atoms with Crippen LogP contribution in [0.2, 0.25) is 0 Å². The molecule has 1 aromatic carbocycles. The Hall–Kier alpha value is -1.31. The lowest BCUT2D eigenvalue weighted by molar-refractivity contribution is 0.112. The fraction of sp³-hybridized carbons (Fsp3) is 0.588. The fourth-order valence-electron chi connectivity index (χ4n) is 3.56. The summed E-state index contributed by atoms with van der Waals surface area (Å²) in [4.78, 5) is 13.5. The summed E-state index contributed by atoms with van der Waals surface area (Å²) in [6, 6.07) is 6.65. The van der Waals surface area contributed by atoms with Crippen LogP contribution < -0.4 is 4.90 Å². The molecule has 2 rings (SSSR count). The molecule has 0 fully saturated rings. The molecule has 1 heterocycles. The van der Waals surface area contributed by atoms with Gasteiger partial charge in [-0.15, -0.1) is 0 Å². The second-order valence-electron chi connectivity index (χ2n) is 6.48. The Kier molecular flexibility index (Phi) is 3.71. The predicted octanol–water partition coefficient (Wildman–Crippen LogP) is 4.39. The maximum atomic E-state index is 11.0. The number of nitrogens with zero attached hydrogens (tertiary/aromatic N) is 1. The van der Waals surface area contributed by atoms with Gasteiger partial charge in [0.05, 0.1) is 0 Å². The van der Waals surface area contributed by atoms with Crippen LogP contribution in [0.5, 0.6) is 0 Å². The Bertz CT molecular complexity index is 478. The lowest BCUT2D eigenvalue weighted by atomic mass is 9.78. The number of hydrogen-bond acceptors (Lipinski definition) is 2. The number of rotatable bonds is 3. The summed E-state index contributed by atoms with van der Waals surface area (Å²) in [5.41, 5.74) is 3.59. The topological polar surface area (TPSA) is 20.3 Å². The molecule has 0 N–H and O–H groups in total. The number of hydrogen-bond donors (Lipinski definition) is 0. The number of benzene rings is 1. The molecule has 0 spiro atoms. The van der Waals surface area contributed by atoms with Crippen LogP contribution in [0.15, 0.2) is 18.2 Å². The molecule has 0 bridgehead atoms. The smallest absolute Gasteiger partial charge is 0.150 e. The monoisotopic (exact) mass is 259 g/mol. The minimum Gasteiger partial charge on any atom is -0.363 e. The highest BCUT2D eigenvalue weighted by atomic mass is 16.1. The first-order valence-corrected chi connectivity index (χ1v) is 7.29. The van der Waals surface area contributed by atoms with Crippen molar-refractivity contribution in [3.8, 4) is 0 Å². The lowest BCUT2D eigenvalue weighted by Crippen LogP contribution is -2.52. The van der Waals surface area contributed by atoms with Gasteiger partial charge in [0.15, 0.2) is 0 Å². The number of fused-ring (bicyclic) bond motifs is 1. The lowest BCUT2D eigenvalue weighted by Gasteiger charge is -2.50. The zero-order valence-corrected chi connectivity index (χ0v) is 12.7. The van der Waals surface area contributed by atoms with Crippen molar-refractivity contribution in [2.45, 2.75) is 65.0 Å². The third kappa shape index (κ3) is 2.41. The van der Waals surface area contributed by atoms with Crippen molar-refractivity contribution >= 4 is 12.0 Å². The third-order valence-corrected chi connectivity index (χ3v) is 4.47. The van der Waals surface area contributed by atoms with E-state index in [0.29, 0.717) is 12.0 Å². The summed E-state index contributed by atoms with van der Waals surface area (Å²) in [5.74, 6) is 0.505. The van der Waals surface area contributed by atoms with Crippen LogP contribution in [0, 0.1) is 0 Å². The molecule has 2 nitrogen and oxygen atoms in total. The minimum atomic E-state index is 0.171. The van der Waals surface area contributed by atoms with Crippen LogP contribution >= 0.6 is 0 Å². The molecule has 0 saturated heterocycles. The zero-order valence-electron chi connectivity index (χ0n) is 12.7. The zero-order chi connectivity index (χ0) is 14.2. The van der Waals surface area contributed by atoms with E-state index in [1.165, 1.54) is 11.3 Å². The van der Waals surface area contributed by atoms with E-state index in [9.17, 15) is 4.79 Å². The van der Waals surface area contributed by atoms with Gasteiger partial charge in [-0.2, -0.15) is 0 Å². The van der Waals surface area contributed by atoms with E-state index >= 15 is 0 Å². The molecule has 2 atom stereocenters. The van der Waals surface area contributed by atoms with E-state index in [4.69, 9.17) is 0 Å². The normalized spacial score (nSPS) is 22.8. The average molecular weight is 259 g/mol. The van der Waals surface area contributed by atoms with E-state index in [-0.39, 0.29) is 5.54 Å². The van der Waals surface area contributed by atoms with Gasteiger partial charge in [-0.05, 0) is 63.3 Å². The van der Waals surface area contributed by atoms with E-state index in [1.807, 2.05) is 6.07 Å². The quantitative estimate of drug-likeness (QED) is 0.750. The van der Waals surface area contributed by atoms with E-state index < -0.39 is 0 Å². The van der Waals surface area contributed by atoms with Gasteiger partial charge in [0, 0.05) is 22.8 Å². The van der Waals surface area contributed by atoms with Gasteiger partial charge in [-0.1, -0.05) is 13.8 Å². The third-order valence-electron chi connectivity index (χ3n) is 4.47. The van der Waals surface area contributed by atoms with Crippen LogP contribution in [0.25, 0.3) is 0 Å². The predicted molar refractivity (Wildman–Crippen MR) is 81.2 cm³/mol.